The Hall–Kier alpha value is -3.16. The van der Waals surface area contributed by atoms with E-state index in [0.29, 0.717) is 5.82 Å². The second-order valence-electron chi connectivity index (χ2n) is 6.92. The molecule has 3 heterocycles. The molecule has 3 aromatic heterocycles. The molecule has 0 N–H and O–H groups in total. The maximum atomic E-state index is 4.67. The van der Waals surface area contributed by atoms with E-state index in [1.165, 1.54) is 0 Å². The number of nitrogens with zero attached hydrogens (tertiary/aromatic N) is 8. The van der Waals surface area contributed by atoms with Gasteiger partial charge in [0, 0.05) is 0 Å². The molecule has 0 aliphatic carbocycles. The molecule has 0 aliphatic rings. The first-order valence-electron chi connectivity index (χ1n) is 9.87. The zero-order valence-corrected chi connectivity index (χ0v) is 16.3. The lowest BCUT2D eigenvalue weighted by atomic mass is 10.2. The van der Waals surface area contributed by atoms with Gasteiger partial charge < -0.3 is 0 Å². The maximum absolute atomic E-state index is 4.67. The van der Waals surface area contributed by atoms with E-state index in [2.05, 4.69) is 44.4 Å². The summed E-state index contributed by atoms with van der Waals surface area (Å²) in [6.45, 7) is 4.34. The zero-order valence-electron chi connectivity index (χ0n) is 16.3. The summed E-state index contributed by atoms with van der Waals surface area (Å²) in [5, 5.41) is 16.9. The largest absolute Gasteiger partial charge is 0.251 e. The van der Waals surface area contributed by atoms with Crippen LogP contribution in [0.15, 0.2) is 36.8 Å². The predicted molar refractivity (Wildman–Crippen MR) is 107 cm³/mol. The molecule has 144 valence electrons. The van der Waals surface area contributed by atoms with Crippen molar-refractivity contribution in [2.24, 2.45) is 0 Å². The Morgan fingerprint density at radius 2 is 1.50 bits per heavy atom. The van der Waals surface area contributed by atoms with Gasteiger partial charge in [0.25, 0.3) is 0 Å². The van der Waals surface area contributed by atoms with Gasteiger partial charge >= 0.3 is 0 Å². The van der Waals surface area contributed by atoms with Crippen LogP contribution in [-0.2, 0) is 12.8 Å². The van der Waals surface area contributed by atoms with Gasteiger partial charge in [-0.25, -0.2) is 14.3 Å². The topological polar surface area (TPSA) is 87.2 Å². The number of rotatable bonds is 8. The van der Waals surface area contributed by atoms with E-state index >= 15 is 0 Å². The normalized spacial score (nSPS) is 11.4. The molecular formula is C20H24N8. The summed E-state index contributed by atoms with van der Waals surface area (Å²) in [6.07, 6.45) is 12.0. The Labute approximate surface area is 163 Å². The van der Waals surface area contributed by atoms with Crippen molar-refractivity contribution in [3.05, 3.63) is 48.2 Å². The second kappa shape index (κ2) is 8.24. The number of benzene rings is 1. The Morgan fingerprint density at radius 1 is 0.821 bits per heavy atom. The lowest BCUT2D eigenvalue weighted by Crippen LogP contribution is -2.01. The van der Waals surface area contributed by atoms with Gasteiger partial charge in [0.2, 0.25) is 0 Å². The van der Waals surface area contributed by atoms with E-state index in [0.717, 1.165) is 66.6 Å². The standard InChI is InChI=1S/C20H24N8/c1-3-5-7-15-13-27(25-23-15)17-9-10-18-19(11-17)21-12-20(22-18)28-14-16(24-26-28)8-6-4-2/h9-14H,3-8H2,1-2H3. The van der Waals surface area contributed by atoms with Gasteiger partial charge in [-0.05, 0) is 43.9 Å². The van der Waals surface area contributed by atoms with E-state index in [9.17, 15) is 0 Å². The van der Waals surface area contributed by atoms with Crippen LogP contribution < -0.4 is 0 Å². The van der Waals surface area contributed by atoms with Crippen molar-refractivity contribution >= 4 is 11.0 Å². The van der Waals surface area contributed by atoms with Crippen LogP contribution in [0.2, 0.25) is 0 Å². The number of fused-ring (bicyclic) bond motifs is 1. The number of hydrogen-bond donors (Lipinski definition) is 0. The first kappa shape index (κ1) is 18.2. The number of unbranched alkanes of at least 4 members (excludes halogenated alkanes) is 2. The predicted octanol–water partition coefficient (Wildman–Crippen LogP) is 3.48. The van der Waals surface area contributed by atoms with Crippen LogP contribution in [-0.4, -0.2) is 40.0 Å². The van der Waals surface area contributed by atoms with E-state index in [1.807, 2.05) is 30.6 Å². The molecule has 4 aromatic rings. The molecule has 0 bridgehead atoms. The van der Waals surface area contributed by atoms with Crippen molar-refractivity contribution in [2.75, 3.05) is 0 Å². The average molecular weight is 376 g/mol. The van der Waals surface area contributed by atoms with Crippen molar-refractivity contribution in [3.63, 3.8) is 0 Å². The third-order valence-electron chi connectivity index (χ3n) is 4.67. The van der Waals surface area contributed by atoms with Crippen LogP contribution in [0.3, 0.4) is 0 Å². The van der Waals surface area contributed by atoms with E-state index < -0.39 is 0 Å². The Bertz CT molecular complexity index is 979. The minimum atomic E-state index is 0.665. The fourth-order valence-electron chi connectivity index (χ4n) is 3.02. The van der Waals surface area contributed by atoms with Gasteiger partial charge in [-0.1, -0.05) is 37.1 Å². The molecule has 8 nitrogen and oxygen atoms in total. The molecule has 0 saturated carbocycles. The van der Waals surface area contributed by atoms with Crippen molar-refractivity contribution in [3.8, 4) is 11.5 Å². The minimum Gasteiger partial charge on any atom is -0.251 e. The quantitative estimate of drug-likeness (QED) is 0.468. The fourth-order valence-corrected chi connectivity index (χ4v) is 3.02. The van der Waals surface area contributed by atoms with Crippen LogP contribution in [0.4, 0.5) is 0 Å². The summed E-state index contributed by atoms with van der Waals surface area (Å²) in [5.74, 6) is 0.665. The summed E-state index contributed by atoms with van der Waals surface area (Å²) in [4.78, 5) is 9.23. The fraction of sp³-hybridized carbons (Fsp3) is 0.400. The molecule has 4 rings (SSSR count). The molecule has 0 fully saturated rings. The first-order chi connectivity index (χ1) is 13.8. The van der Waals surface area contributed by atoms with Crippen LogP contribution >= 0.6 is 0 Å². The maximum Gasteiger partial charge on any atom is 0.174 e. The van der Waals surface area contributed by atoms with Crippen molar-refractivity contribution < 1.29 is 0 Å². The SMILES string of the molecule is CCCCc1cn(-c2ccc3nc(-n4cc(CCCC)nn4)cnc3c2)nn1. The summed E-state index contributed by atoms with van der Waals surface area (Å²) in [6, 6.07) is 5.90. The zero-order chi connectivity index (χ0) is 19.3. The van der Waals surface area contributed by atoms with Crippen molar-refractivity contribution in [1.29, 1.82) is 0 Å². The highest BCUT2D eigenvalue weighted by molar-refractivity contribution is 5.77. The minimum absolute atomic E-state index is 0.665. The van der Waals surface area contributed by atoms with Gasteiger partial charge in [0.15, 0.2) is 5.82 Å². The van der Waals surface area contributed by atoms with Crippen LogP contribution in [0.5, 0.6) is 0 Å². The molecule has 0 saturated heterocycles. The third kappa shape index (κ3) is 3.90. The monoisotopic (exact) mass is 376 g/mol. The molecule has 0 unspecified atom stereocenters. The molecule has 1 aromatic carbocycles. The molecule has 0 amide bonds. The Kier molecular flexibility index (Phi) is 5.36. The molecule has 28 heavy (non-hydrogen) atoms. The summed E-state index contributed by atoms with van der Waals surface area (Å²) in [7, 11) is 0. The highest BCUT2D eigenvalue weighted by Gasteiger charge is 2.08. The first-order valence-corrected chi connectivity index (χ1v) is 9.87. The van der Waals surface area contributed by atoms with E-state index in [-0.39, 0.29) is 0 Å². The van der Waals surface area contributed by atoms with Crippen molar-refractivity contribution in [2.45, 2.75) is 52.4 Å². The van der Waals surface area contributed by atoms with Crippen LogP contribution in [0, 0.1) is 0 Å². The second-order valence-corrected chi connectivity index (χ2v) is 6.92. The van der Waals surface area contributed by atoms with Gasteiger partial charge in [-0.15, -0.1) is 10.2 Å². The molecule has 0 spiro atoms. The number of hydrogen-bond acceptors (Lipinski definition) is 6. The lowest BCUT2D eigenvalue weighted by molar-refractivity contribution is 0.755. The summed E-state index contributed by atoms with van der Waals surface area (Å²) < 4.78 is 3.47. The van der Waals surface area contributed by atoms with E-state index in [1.54, 1.807) is 15.6 Å². The van der Waals surface area contributed by atoms with Crippen molar-refractivity contribution in [1.82, 2.24) is 40.0 Å². The van der Waals surface area contributed by atoms with Gasteiger partial charge in [-0.3, -0.25) is 4.98 Å². The molecule has 0 atom stereocenters. The molecule has 0 aliphatic heterocycles. The lowest BCUT2D eigenvalue weighted by Gasteiger charge is -2.04. The number of aryl methyl sites for hydroxylation is 2. The summed E-state index contributed by atoms with van der Waals surface area (Å²) in [5.41, 5.74) is 4.52. The molecular weight excluding hydrogens is 352 g/mol. The molecule has 8 heteroatoms. The Morgan fingerprint density at radius 3 is 2.21 bits per heavy atom. The highest BCUT2D eigenvalue weighted by atomic mass is 15.4. The highest BCUT2D eigenvalue weighted by Crippen LogP contribution is 2.17. The van der Waals surface area contributed by atoms with Crippen LogP contribution in [0.1, 0.15) is 50.9 Å². The third-order valence-corrected chi connectivity index (χ3v) is 4.67. The van der Waals surface area contributed by atoms with Gasteiger partial charge in [0.05, 0.1) is 46.7 Å². The van der Waals surface area contributed by atoms with Gasteiger partial charge in [-0.2, -0.15) is 0 Å². The molecule has 0 radical (unpaired) electrons. The smallest absolute Gasteiger partial charge is 0.174 e. The van der Waals surface area contributed by atoms with Gasteiger partial charge in [0.1, 0.15) is 0 Å². The van der Waals surface area contributed by atoms with E-state index in [4.69, 9.17) is 0 Å². The number of aromatic nitrogens is 8. The van der Waals surface area contributed by atoms with Crippen LogP contribution in [0.25, 0.3) is 22.5 Å². The summed E-state index contributed by atoms with van der Waals surface area (Å²) >= 11 is 0. The average Bonchev–Trinajstić information content (AvgIpc) is 3.39. The Balaban J connectivity index is 1.57.